The second kappa shape index (κ2) is 14.4. The lowest BCUT2D eigenvalue weighted by atomic mass is 10.1. The summed E-state index contributed by atoms with van der Waals surface area (Å²) in [6.45, 7) is 0.287. The van der Waals surface area contributed by atoms with E-state index in [-0.39, 0.29) is 12.5 Å². The molecule has 1 heterocycles. The van der Waals surface area contributed by atoms with E-state index >= 15 is 0 Å². The maximum atomic E-state index is 12.7. The number of ether oxygens (including phenoxy) is 2. The van der Waals surface area contributed by atoms with Crippen LogP contribution in [0.15, 0.2) is 89.3 Å². The number of amides is 1. The zero-order chi connectivity index (χ0) is 30.3. The van der Waals surface area contributed by atoms with Gasteiger partial charge in [0, 0.05) is 27.2 Å². The summed E-state index contributed by atoms with van der Waals surface area (Å²) < 4.78 is 12.4. The van der Waals surface area contributed by atoms with Gasteiger partial charge in [-0.3, -0.25) is 4.79 Å². The van der Waals surface area contributed by atoms with Gasteiger partial charge < -0.3 is 14.8 Å². The molecular weight excluding hydrogens is 742 g/mol. The van der Waals surface area contributed by atoms with Gasteiger partial charge in [0.2, 0.25) is 0 Å². The van der Waals surface area contributed by atoms with Crippen LogP contribution < -0.4 is 20.2 Å². The summed E-state index contributed by atoms with van der Waals surface area (Å²) in [4.78, 5) is 17.3. The number of anilines is 2. The highest BCUT2D eigenvalue weighted by Gasteiger charge is 2.13. The third-order valence-electron chi connectivity index (χ3n) is 6.04. The van der Waals surface area contributed by atoms with Crippen molar-refractivity contribution in [3.63, 3.8) is 0 Å². The first-order chi connectivity index (χ1) is 20.8. The largest absolute Gasteiger partial charge is 0.493 e. The van der Waals surface area contributed by atoms with E-state index in [4.69, 9.17) is 44.3 Å². The van der Waals surface area contributed by atoms with Gasteiger partial charge in [0.05, 0.1) is 32.6 Å². The molecule has 5 rings (SSSR count). The molecule has 0 aliphatic heterocycles. The monoisotopic (exact) mass is 762 g/mol. The quantitative estimate of drug-likeness (QED) is 0.0842. The molecule has 0 aliphatic carbocycles. The number of nitrogens with zero attached hydrogens (tertiary/aromatic N) is 2. The second-order valence-electron chi connectivity index (χ2n) is 9.02. The zero-order valence-electron chi connectivity index (χ0n) is 22.4. The lowest BCUT2D eigenvalue weighted by Gasteiger charge is -2.14. The molecule has 4 aromatic carbocycles. The number of nitrogens with one attached hydrogen (secondary N) is 2. The summed E-state index contributed by atoms with van der Waals surface area (Å²) in [5.41, 5.74) is 7.23. The molecule has 1 amide bonds. The summed E-state index contributed by atoms with van der Waals surface area (Å²) in [7, 11) is 1.56. The van der Waals surface area contributed by atoms with E-state index in [1.807, 2.05) is 53.9 Å². The lowest BCUT2D eigenvalue weighted by molar-refractivity contribution is 0.0955. The van der Waals surface area contributed by atoms with E-state index in [0.717, 1.165) is 36.8 Å². The molecule has 2 N–H and O–H groups in total. The Morgan fingerprint density at radius 2 is 1.77 bits per heavy atom. The number of aromatic nitrogens is 1. The van der Waals surface area contributed by atoms with Crippen LogP contribution >= 0.6 is 68.7 Å². The maximum Gasteiger partial charge on any atom is 0.271 e. The topological polar surface area (TPSA) is 84.8 Å². The van der Waals surface area contributed by atoms with Crippen LogP contribution in [0.3, 0.4) is 0 Å². The van der Waals surface area contributed by atoms with E-state index in [2.05, 4.69) is 43.4 Å². The molecule has 0 saturated heterocycles. The number of hydrogen-bond donors (Lipinski definition) is 2. The Morgan fingerprint density at radius 1 is 1.00 bits per heavy atom. The molecule has 0 saturated carbocycles. The number of thiazole rings is 1. The van der Waals surface area contributed by atoms with Gasteiger partial charge in [-0.1, -0.05) is 53.0 Å². The third kappa shape index (κ3) is 8.18. The number of rotatable bonds is 10. The Bertz CT molecular complexity index is 1780. The van der Waals surface area contributed by atoms with E-state index in [1.165, 1.54) is 11.3 Å². The van der Waals surface area contributed by atoms with E-state index in [0.29, 0.717) is 32.1 Å². The minimum atomic E-state index is -0.339. The lowest BCUT2D eigenvalue weighted by Crippen LogP contribution is -2.17. The van der Waals surface area contributed by atoms with Gasteiger partial charge in [-0.2, -0.15) is 5.10 Å². The second-order valence-corrected chi connectivity index (χ2v) is 12.3. The van der Waals surface area contributed by atoms with E-state index in [1.54, 1.807) is 43.7 Å². The van der Waals surface area contributed by atoms with E-state index in [9.17, 15) is 4.79 Å². The summed E-state index contributed by atoms with van der Waals surface area (Å²) in [5, 5.41) is 11.7. The minimum absolute atomic E-state index is 0.287. The highest BCUT2D eigenvalue weighted by atomic mass is 127. The molecule has 7 nitrogen and oxygen atoms in total. The summed E-state index contributed by atoms with van der Waals surface area (Å²) in [5.74, 6) is 0.779. The normalized spacial score (nSPS) is 11.0. The molecule has 0 radical (unpaired) electrons. The number of hydrazone groups is 1. The van der Waals surface area contributed by atoms with Crippen LogP contribution in [0.5, 0.6) is 11.5 Å². The van der Waals surface area contributed by atoms with Crippen LogP contribution in [0, 0.1) is 3.57 Å². The molecule has 43 heavy (non-hydrogen) atoms. The molecule has 0 fully saturated rings. The fourth-order valence-corrected chi connectivity index (χ4v) is 5.85. The van der Waals surface area contributed by atoms with Crippen LogP contribution in [-0.4, -0.2) is 24.2 Å². The Balaban J connectivity index is 1.18. The minimum Gasteiger partial charge on any atom is -0.493 e. The third-order valence-corrected chi connectivity index (χ3v) is 8.59. The smallest absolute Gasteiger partial charge is 0.271 e. The van der Waals surface area contributed by atoms with Crippen molar-refractivity contribution in [2.75, 3.05) is 12.4 Å². The molecule has 0 unspecified atom stereocenters. The number of carbonyl (C=O) groups excluding carboxylic acids is 1. The van der Waals surface area contributed by atoms with Crippen molar-refractivity contribution in [1.82, 2.24) is 10.4 Å². The molecule has 0 aliphatic rings. The maximum absolute atomic E-state index is 12.7. The van der Waals surface area contributed by atoms with Crippen molar-refractivity contribution >= 4 is 91.7 Å². The number of hydrogen-bond acceptors (Lipinski definition) is 7. The molecular formula is C31H22Cl3IN4O3S. The van der Waals surface area contributed by atoms with Crippen LogP contribution in [-0.2, 0) is 6.61 Å². The molecule has 0 bridgehead atoms. The van der Waals surface area contributed by atoms with Gasteiger partial charge in [-0.25, -0.2) is 10.4 Å². The van der Waals surface area contributed by atoms with Crippen molar-refractivity contribution in [1.29, 1.82) is 0 Å². The summed E-state index contributed by atoms with van der Waals surface area (Å²) in [6.07, 6.45) is 1.55. The Hall–Kier alpha value is -3.35. The first-order valence-corrected chi connectivity index (χ1v) is 15.7. The molecule has 218 valence electrons. The van der Waals surface area contributed by atoms with Crippen molar-refractivity contribution in [3.05, 3.63) is 120 Å². The van der Waals surface area contributed by atoms with Crippen LogP contribution in [0.1, 0.15) is 21.5 Å². The van der Waals surface area contributed by atoms with Gasteiger partial charge in [0.15, 0.2) is 16.6 Å². The number of benzene rings is 4. The number of carbonyl (C=O) groups is 1. The first kappa shape index (κ1) is 31.1. The highest BCUT2D eigenvalue weighted by molar-refractivity contribution is 14.1. The molecule has 5 aromatic rings. The number of methoxy groups -OCH3 is 1. The number of halogens is 4. The van der Waals surface area contributed by atoms with Gasteiger partial charge in [-0.05, 0) is 94.4 Å². The molecule has 0 atom stereocenters. The standard InChI is InChI=1S/C31H22Cl3IN4O3S/c1-41-28-14-19(13-26(35)29(28)42-16-18-2-11-24(33)25(34)12-18)15-36-39-30(40)21-5-3-20(4-6-21)27-17-43-31(38-27)37-23-9-7-22(32)8-10-23/h2-15,17H,16H2,1H3,(H,37,38)(H,39,40)/b36-15-. The average molecular weight is 764 g/mol. The Kier molecular flexibility index (Phi) is 10.4. The van der Waals surface area contributed by atoms with Crippen molar-refractivity contribution in [2.45, 2.75) is 6.61 Å². The summed E-state index contributed by atoms with van der Waals surface area (Å²) >= 11 is 21.7. The highest BCUT2D eigenvalue weighted by Crippen LogP contribution is 2.35. The molecule has 12 heteroatoms. The summed E-state index contributed by atoms with van der Waals surface area (Å²) in [6, 6.07) is 23.6. The van der Waals surface area contributed by atoms with Gasteiger partial charge in [0.25, 0.3) is 5.91 Å². The van der Waals surface area contributed by atoms with E-state index < -0.39 is 0 Å². The van der Waals surface area contributed by atoms with Crippen molar-refractivity contribution in [3.8, 4) is 22.8 Å². The van der Waals surface area contributed by atoms with Gasteiger partial charge in [0.1, 0.15) is 6.61 Å². The Labute approximate surface area is 281 Å². The predicted molar refractivity (Wildman–Crippen MR) is 184 cm³/mol. The van der Waals surface area contributed by atoms with Gasteiger partial charge >= 0.3 is 0 Å². The van der Waals surface area contributed by atoms with Crippen LogP contribution in [0.25, 0.3) is 11.3 Å². The van der Waals surface area contributed by atoms with Crippen molar-refractivity contribution in [2.24, 2.45) is 5.10 Å². The fraction of sp³-hybridized carbons (Fsp3) is 0.0645. The van der Waals surface area contributed by atoms with Crippen LogP contribution in [0.4, 0.5) is 10.8 Å². The molecule has 1 aromatic heterocycles. The SMILES string of the molecule is COc1cc(/C=N\NC(=O)c2ccc(-c3csc(Nc4ccc(Cl)cc4)n3)cc2)cc(I)c1OCc1ccc(Cl)c(Cl)c1. The van der Waals surface area contributed by atoms with Gasteiger partial charge in [-0.15, -0.1) is 11.3 Å². The first-order valence-electron chi connectivity index (χ1n) is 12.7. The zero-order valence-corrected chi connectivity index (χ0v) is 27.6. The van der Waals surface area contributed by atoms with Crippen molar-refractivity contribution < 1.29 is 14.3 Å². The van der Waals surface area contributed by atoms with Crippen LogP contribution in [0.2, 0.25) is 15.1 Å². The average Bonchev–Trinajstić information content (AvgIpc) is 3.47. The predicted octanol–water partition coefficient (Wildman–Crippen LogP) is 9.47. The molecule has 0 spiro atoms. The fourth-order valence-electron chi connectivity index (χ4n) is 3.88. The Morgan fingerprint density at radius 3 is 2.49 bits per heavy atom.